The number of nitrogens with one attached hydrogen (secondary N) is 2. The van der Waals surface area contributed by atoms with Crippen molar-refractivity contribution < 1.29 is 19.5 Å². The third-order valence-corrected chi connectivity index (χ3v) is 6.60. The summed E-state index contributed by atoms with van der Waals surface area (Å²) in [4.78, 5) is 42.0. The van der Waals surface area contributed by atoms with Crippen LogP contribution in [-0.2, 0) is 4.79 Å². The van der Waals surface area contributed by atoms with Crippen LogP contribution in [0.4, 0.5) is 10.8 Å². The Kier molecular flexibility index (Phi) is 6.71. The van der Waals surface area contributed by atoms with Gasteiger partial charge in [0.15, 0.2) is 5.13 Å². The van der Waals surface area contributed by atoms with Gasteiger partial charge in [0.2, 0.25) is 5.91 Å². The van der Waals surface area contributed by atoms with Gasteiger partial charge in [0.1, 0.15) is 0 Å². The summed E-state index contributed by atoms with van der Waals surface area (Å²) >= 11 is 2.70. The first-order chi connectivity index (χ1) is 15.9. The van der Waals surface area contributed by atoms with Crippen molar-refractivity contribution in [2.45, 2.75) is 17.1 Å². The van der Waals surface area contributed by atoms with Crippen molar-refractivity contribution in [3.8, 4) is 0 Å². The quantitative estimate of drug-likeness (QED) is 0.309. The summed E-state index contributed by atoms with van der Waals surface area (Å²) < 4.78 is 0. The second kappa shape index (κ2) is 9.85. The molecular formula is C24H19N3O4S2. The number of carbonyl (C=O) groups is 3. The third-order valence-electron chi connectivity index (χ3n) is 4.82. The van der Waals surface area contributed by atoms with Crippen LogP contribution in [0.15, 0.2) is 77.1 Å². The molecule has 3 aromatic carbocycles. The first-order valence-corrected chi connectivity index (χ1v) is 11.7. The minimum absolute atomic E-state index is 0.0719. The van der Waals surface area contributed by atoms with Crippen LogP contribution >= 0.6 is 23.1 Å². The van der Waals surface area contributed by atoms with Crippen LogP contribution in [0.1, 0.15) is 27.6 Å². The second-order valence-corrected chi connectivity index (χ2v) is 9.39. The second-order valence-electron chi connectivity index (χ2n) is 7.08. The molecule has 0 spiro atoms. The average Bonchev–Trinajstić information content (AvgIpc) is 3.31. The molecule has 1 aromatic heterocycles. The highest BCUT2D eigenvalue weighted by atomic mass is 32.2. The summed E-state index contributed by atoms with van der Waals surface area (Å²) in [5, 5.41) is 18.2. The number of benzene rings is 3. The van der Waals surface area contributed by atoms with E-state index >= 15 is 0 Å². The van der Waals surface area contributed by atoms with E-state index in [9.17, 15) is 19.5 Å². The zero-order valence-electron chi connectivity index (χ0n) is 17.4. The Morgan fingerprint density at radius 1 is 1.00 bits per heavy atom. The fraction of sp³-hybridized carbons (Fsp3) is 0.0833. The van der Waals surface area contributed by atoms with Gasteiger partial charge in [-0.25, -0.2) is 9.78 Å². The molecule has 0 radical (unpaired) electrons. The number of thiazole rings is 1. The third kappa shape index (κ3) is 5.21. The number of amides is 2. The van der Waals surface area contributed by atoms with Gasteiger partial charge in [0.05, 0.1) is 10.8 Å². The highest BCUT2D eigenvalue weighted by Gasteiger charge is 2.18. The molecule has 1 heterocycles. The average molecular weight is 478 g/mol. The molecule has 1 unspecified atom stereocenters. The number of hydrogen-bond donors (Lipinski definition) is 3. The van der Waals surface area contributed by atoms with Crippen LogP contribution in [0.5, 0.6) is 0 Å². The molecular weight excluding hydrogens is 458 g/mol. The van der Waals surface area contributed by atoms with E-state index in [2.05, 4.69) is 15.6 Å². The maximum Gasteiger partial charge on any atom is 0.336 e. The maximum atomic E-state index is 13.0. The van der Waals surface area contributed by atoms with E-state index in [4.69, 9.17) is 0 Å². The van der Waals surface area contributed by atoms with Crippen LogP contribution < -0.4 is 10.6 Å². The molecule has 0 aliphatic carbocycles. The highest BCUT2D eigenvalue weighted by molar-refractivity contribution is 8.00. The Hall–Kier alpha value is -3.69. The summed E-state index contributed by atoms with van der Waals surface area (Å²) in [7, 11) is 0. The summed E-state index contributed by atoms with van der Waals surface area (Å²) in [5.41, 5.74) is 0.893. The van der Waals surface area contributed by atoms with Gasteiger partial charge < -0.3 is 15.7 Å². The Balaban J connectivity index is 1.51. The molecule has 9 heteroatoms. The summed E-state index contributed by atoms with van der Waals surface area (Å²) in [5.74, 6) is -1.67. The van der Waals surface area contributed by atoms with E-state index in [-0.39, 0.29) is 22.3 Å². The molecule has 0 bridgehead atoms. The van der Waals surface area contributed by atoms with Gasteiger partial charge in [0.25, 0.3) is 5.91 Å². The summed E-state index contributed by atoms with van der Waals surface area (Å²) in [6, 6.07) is 17.2. The first-order valence-electron chi connectivity index (χ1n) is 9.96. The monoisotopic (exact) mass is 477 g/mol. The lowest BCUT2D eigenvalue weighted by Crippen LogP contribution is -2.22. The highest BCUT2D eigenvalue weighted by Crippen LogP contribution is 2.28. The van der Waals surface area contributed by atoms with E-state index in [0.717, 1.165) is 4.90 Å². The number of carboxylic acids is 1. The minimum Gasteiger partial charge on any atom is -0.478 e. The first kappa shape index (κ1) is 22.5. The van der Waals surface area contributed by atoms with Crippen molar-refractivity contribution in [1.29, 1.82) is 0 Å². The van der Waals surface area contributed by atoms with Gasteiger partial charge >= 0.3 is 5.97 Å². The van der Waals surface area contributed by atoms with E-state index in [1.165, 1.54) is 29.2 Å². The van der Waals surface area contributed by atoms with Gasteiger partial charge in [-0.15, -0.1) is 23.1 Å². The summed E-state index contributed by atoms with van der Waals surface area (Å²) in [6.45, 7) is 1.79. The largest absolute Gasteiger partial charge is 0.478 e. The number of nitrogens with zero attached hydrogens (tertiary/aromatic N) is 1. The molecule has 0 fully saturated rings. The predicted octanol–water partition coefficient (Wildman–Crippen LogP) is 5.37. The molecule has 2 amide bonds. The Bertz CT molecular complexity index is 1330. The zero-order valence-corrected chi connectivity index (χ0v) is 19.1. The van der Waals surface area contributed by atoms with Crippen LogP contribution in [0.2, 0.25) is 0 Å². The molecule has 3 N–H and O–H groups in total. The lowest BCUT2D eigenvalue weighted by Gasteiger charge is -2.13. The number of fused-ring (bicyclic) bond motifs is 1. The molecule has 0 saturated carbocycles. The van der Waals surface area contributed by atoms with E-state index in [1.807, 2.05) is 6.07 Å². The standard InChI is InChI=1S/C24H19N3O4S2/c1-14(21(28)27-24-25-11-12-32-24)33-17-8-4-7-16(13-17)26-22(29)18-9-2-5-15-6-3-10-19(20(15)18)23(30)31/h2-14H,1H3,(H,26,29)(H,30,31)(H,25,27,28). The number of hydrogen-bond acceptors (Lipinski definition) is 6. The van der Waals surface area contributed by atoms with Gasteiger partial charge in [-0.1, -0.05) is 30.3 Å². The lowest BCUT2D eigenvalue weighted by molar-refractivity contribution is -0.115. The van der Waals surface area contributed by atoms with Crippen molar-refractivity contribution in [3.05, 3.63) is 83.4 Å². The minimum atomic E-state index is -1.09. The molecule has 0 saturated heterocycles. The molecule has 4 rings (SSSR count). The smallest absolute Gasteiger partial charge is 0.336 e. The number of anilines is 2. The van der Waals surface area contributed by atoms with Crippen molar-refractivity contribution in [3.63, 3.8) is 0 Å². The van der Waals surface area contributed by atoms with Crippen LogP contribution in [0.25, 0.3) is 10.8 Å². The molecule has 4 aromatic rings. The lowest BCUT2D eigenvalue weighted by atomic mass is 9.98. The topological polar surface area (TPSA) is 108 Å². The molecule has 7 nitrogen and oxygen atoms in total. The Labute approximate surface area is 197 Å². The molecule has 1 atom stereocenters. The fourth-order valence-corrected chi connectivity index (χ4v) is 4.76. The van der Waals surface area contributed by atoms with E-state index < -0.39 is 11.9 Å². The SMILES string of the molecule is CC(Sc1cccc(NC(=O)c2cccc3cccc(C(=O)O)c23)c1)C(=O)Nc1nccs1. The number of rotatable bonds is 7. The van der Waals surface area contributed by atoms with Crippen molar-refractivity contribution in [1.82, 2.24) is 4.98 Å². The molecule has 33 heavy (non-hydrogen) atoms. The van der Waals surface area contributed by atoms with Crippen LogP contribution in [0.3, 0.4) is 0 Å². The van der Waals surface area contributed by atoms with Crippen LogP contribution in [-0.4, -0.2) is 33.1 Å². The maximum absolute atomic E-state index is 13.0. The number of carbonyl (C=O) groups excluding carboxylic acids is 2. The van der Waals surface area contributed by atoms with Gasteiger partial charge in [-0.2, -0.15) is 0 Å². The molecule has 166 valence electrons. The number of aromatic nitrogens is 1. The molecule has 0 aliphatic heterocycles. The van der Waals surface area contributed by atoms with Crippen molar-refractivity contribution >= 4 is 62.5 Å². The van der Waals surface area contributed by atoms with Crippen LogP contribution in [0, 0.1) is 0 Å². The predicted molar refractivity (Wildman–Crippen MR) is 131 cm³/mol. The molecule has 0 aliphatic rings. The van der Waals surface area contributed by atoms with Gasteiger partial charge in [-0.05, 0) is 42.6 Å². The van der Waals surface area contributed by atoms with E-state index in [0.29, 0.717) is 21.6 Å². The number of aromatic carboxylic acids is 1. The van der Waals surface area contributed by atoms with Crippen molar-refractivity contribution in [2.24, 2.45) is 0 Å². The van der Waals surface area contributed by atoms with Gasteiger partial charge in [0, 0.05) is 33.1 Å². The van der Waals surface area contributed by atoms with Gasteiger partial charge in [-0.3, -0.25) is 9.59 Å². The van der Waals surface area contributed by atoms with E-state index in [1.54, 1.807) is 67.0 Å². The Morgan fingerprint density at radius 2 is 1.73 bits per heavy atom. The normalized spacial score (nSPS) is 11.7. The van der Waals surface area contributed by atoms with Crippen molar-refractivity contribution in [2.75, 3.05) is 10.6 Å². The number of carboxylic acid groups (broad SMARTS) is 1. The fourth-order valence-electron chi connectivity index (χ4n) is 3.30. The Morgan fingerprint density at radius 3 is 2.42 bits per heavy atom. The zero-order chi connectivity index (χ0) is 23.4. The number of thioether (sulfide) groups is 1. The summed E-state index contributed by atoms with van der Waals surface area (Å²) in [6.07, 6.45) is 1.62.